The van der Waals surface area contributed by atoms with Gasteiger partial charge in [-0.25, -0.2) is 0 Å². The van der Waals surface area contributed by atoms with Crippen LogP contribution in [0.15, 0.2) is 30.3 Å². The molecule has 72 valence electrons. The van der Waals surface area contributed by atoms with Crippen molar-refractivity contribution in [3.05, 3.63) is 35.9 Å². The third-order valence-electron chi connectivity index (χ3n) is 2.11. The van der Waals surface area contributed by atoms with Gasteiger partial charge in [0, 0.05) is 12.1 Å². The fraction of sp³-hybridized carbons (Fsp3) is 0.455. The summed E-state index contributed by atoms with van der Waals surface area (Å²) in [6.07, 6.45) is 0. The highest BCUT2D eigenvalue weighted by Crippen LogP contribution is 2.11. The van der Waals surface area contributed by atoms with Crippen LogP contribution in [-0.2, 0) is 0 Å². The van der Waals surface area contributed by atoms with Crippen LogP contribution in [0.4, 0.5) is 0 Å². The summed E-state index contributed by atoms with van der Waals surface area (Å²) in [5.41, 5.74) is 1.25. The van der Waals surface area contributed by atoms with Crippen molar-refractivity contribution in [2.24, 2.45) is 0 Å². The Kier molecular flexibility index (Phi) is 3.93. The minimum absolute atomic E-state index is 0.148. The van der Waals surface area contributed by atoms with Gasteiger partial charge in [0.15, 0.2) is 0 Å². The topological polar surface area (TPSA) is 32.3 Å². The summed E-state index contributed by atoms with van der Waals surface area (Å²) in [5, 5.41) is 12.2. The van der Waals surface area contributed by atoms with Gasteiger partial charge in [0.25, 0.3) is 0 Å². The summed E-state index contributed by atoms with van der Waals surface area (Å²) in [6.45, 7) is 4.25. The first-order valence-electron chi connectivity index (χ1n) is 4.66. The highest BCUT2D eigenvalue weighted by molar-refractivity contribution is 5.18. The van der Waals surface area contributed by atoms with Gasteiger partial charge in [0.1, 0.15) is 0 Å². The molecule has 0 spiro atoms. The zero-order valence-corrected chi connectivity index (χ0v) is 8.20. The van der Waals surface area contributed by atoms with Gasteiger partial charge in [-0.1, -0.05) is 30.3 Å². The van der Waals surface area contributed by atoms with Crippen molar-refractivity contribution in [3.8, 4) is 0 Å². The van der Waals surface area contributed by atoms with Gasteiger partial charge in [-0.15, -0.1) is 0 Å². The first-order chi connectivity index (χ1) is 6.24. The first kappa shape index (κ1) is 10.2. The van der Waals surface area contributed by atoms with Crippen LogP contribution in [-0.4, -0.2) is 17.8 Å². The number of hydrogen-bond donors (Lipinski definition) is 2. The summed E-state index contributed by atoms with van der Waals surface area (Å²) in [5.74, 6) is 0. The van der Waals surface area contributed by atoms with Crippen molar-refractivity contribution in [2.75, 3.05) is 6.61 Å². The molecule has 2 atom stereocenters. The molecule has 0 fully saturated rings. The maximum atomic E-state index is 8.87. The number of benzene rings is 1. The zero-order valence-electron chi connectivity index (χ0n) is 8.20. The average Bonchev–Trinajstić information content (AvgIpc) is 2.19. The van der Waals surface area contributed by atoms with Crippen molar-refractivity contribution in [1.29, 1.82) is 0 Å². The molecular weight excluding hydrogens is 162 g/mol. The standard InChI is InChI=1S/C11H17NO/c1-9(8-13)12-10(2)11-6-4-3-5-7-11/h3-7,9-10,12-13H,8H2,1-2H3/t9-,10+/m0/s1. The van der Waals surface area contributed by atoms with Gasteiger partial charge in [0.05, 0.1) is 6.61 Å². The molecule has 2 heteroatoms. The second-order valence-electron chi connectivity index (χ2n) is 3.38. The molecule has 13 heavy (non-hydrogen) atoms. The lowest BCUT2D eigenvalue weighted by Gasteiger charge is -2.18. The molecule has 0 bridgehead atoms. The molecule has 0 aliphatic heterocycles. The fourth-order valence-electron chi connectivity index (χ4n) is 1.32. The summed E-state index contributed by atoms with van der Waals surface area (Å²) in [7, 11) is 0. The normalized spacial score (nSPS) is 15.3. The van der Waals surface area contributed by atoms with Crippen molar-refractivity contribution >= 4 is 0 Å². The van der Waals surface area contributed by atoms with Crippen LogP contribution in [0.2, 0.25) is 0 Å². The van der Waals surface area contributed by atoms with E-state index < -0.39 is 0 Å². The lowest BCUT2D eigenvalue weighted by molar-refractivity contribution is 0.243. The molecule has 1 aromatic carbocycles. The van der Waals surface area contributed by atoms with Crippen molar-refractivity contribution < 1.29 is 5.11 Å². The summed E-state index contributed by atoms with van der Waals surface area (Å²) in [4.78, 5) is 0. The molecule has 0 amide bonds. The third kappa shape index (κ3) is 3.17. The first-order valence-corrected chi connectivity index (χ1v) is 4.66. The fourth-order valence-corrected chi connectivity index (χ4v) is 1.32. The minimum Gasteiger partial charge on any atom is -0.395 e. The molecule has 0 unspecified atom stereocenters. The van der Waals surface area contributed by atoms with E-state index in [-0.39, 0.29) is 12.6 Å². The third-order valence-corrected chi connectivity index (χ3v) is 2.11. The molecule has 1 aromatic rings. The van der Waals surface area contributed by atoms with Crippen molar-refractivity contribution in [1.82, 2.24) is 5.32 Å². The van der Waals surface area contributed by atoms with E-state index in [1.54, 1.807) is 0 Å². The molecule has 0 radical (unpaired) electrons. The van der Waals surface area contributed by atoms with Crippen LogP contribution < -0.4 is 5.32 Å². The summed E-state index contributed by atoms with van der Waals surface area (Å²) >= 11 is 0. The lowest BCUT2D eigenvalue weighted by atomic mass is 10.1. The van der Waals surface area contributed by atoms with Gasteiger partial charge in [-0.3, -0.25) is 0 Å². The van der Waals surface area contributed by atoms with E-state index in [1.807, 2.05) is 25.1 Å². The average molecular weight is 179 g/mol. The highest BCUT2D eigenvalue weighted by atomic mass is 16.3. The smallest absolute Gasteiger partial charge is 0.0582 e. The molecule has 0 aliphatic rings. The Balaban J connectivity index is 2.53. The van der Waals surface area contributed by atoms with E-state index in [1.165, 1.54) is 5.56 Å². The largest absolute Gasteiger partial charge is 0.395 e. The molecule has 2 nitrogen and oxygen atoms in total. The maximum absolute atomic E-state index is 8.87. The molecule has 2 N–H and O–H groups in total. The van der Waals surface area contributed by atoms with Crippen LogP contribution in [0, 0.1) is 0 Å². The van der Waals surface area contributed by atoms with Crippen LogP contribution in [0.1, 0.15) is 25.5 Å². The van der Waals surface area contributed by atoms with E-state index in [0.717, 1.165) is 0 Å². The quantitative estimate of drug-likeness (QED) is 0.737. The number of aliphatic hydroxyl groups excluding tert-OH is 1. The molecule has 0 saturated heterocycles. The predicted molar refractivity (Wildman–Crippen MR) is 54.5 cm³/mol. The second kappa shape index (κ2) is 5.00. The van der Waals surface area contributed by atoms with E-state index in [0.29, 0.717) is 6.04 Å². The number of rotatable bonds is 4. The Morgan fingerprint density at radius 1 is 1.23 bits per heavy atom. The molecular formula is C11H17NO. The Hall–Kier alpha value is -0.860. The summed E-state index contributed by atoms with van der Waals surface area (Å²) < 4.78 is 0. The van der Waals surface area contributed by atoms with Gasteiger partial charge >= 0.3 is 0 Å². The van der Waals surface area contributed by atoms with Crippen LogP contribution >= 0.6 is 0 Å². The number of nitrogens with one attached hydrogen (secondary N) is 1. The molecule has 0 heterocycles. The Labute approximate surface area is 79.6 Å². The monoisotopic (exact) mass is 179 g/mol. The molecule has 0 aromatic heterocycles. The van der Waals surface area contributed by atoms with E-state index in [2.05, 4.69) is 24.4 Å². The Morgan fingerprint density at radius 2 is 1.85 bits per heavy atom. The van der Waals surface area contributed by atoms with Gasteiger partial charge in [0.2, 0.25) is 0 Å². The number of hydrogen-bond acceptors (Lipinski definition) is 2. The van der Waals surface area contributed by atoms with Crippen LogP contribution in [0.25, 0.3) is 0 Å². The van der Waals surface area contributed by atoms with E-state index in [9.17, 15) is 0 Å². The van der Waals surface area contributed by atoms with Gasteiger partial charge in [-0.2, -0.15) is 0 Å². The maximum Gasteiger partial charge on any atom is 0.0582 e. The van der Waals surface area contributed by atoms with Crippen LogP contribution in [0.3, 0.4) is 0 Å². The van der Waals surface area contributed by atoms with Gasteiger partial charge in [-0.05, 0) is 19.4 Å². The predicted octanol–water partition coefficient (Wildman–Crippen LogP) is 1.72. The zero-order chi connectivity index (χ0) is 9.68. The van der Waals surface area contributed by atoms with Crippen molar-refractivity contribution in [2.45, 2.75) is 25.9 Å². The Bertz CT molecular complexity index is 235. The van der Waals surface area contributed by atoms with Crippen LogP contribution in [0.5, 0.6) is 0 Å². The molecule has 0 saturated carbocycles. The Morgan fingerprint density at radius 3 is 2.38 bits per heavy atom. The number of aliphatic hydroxyl groups is 1. The van der Waals surface area contributed by atoms with E-state index >= 15 is 0 Å². The lowest BCUT2D eigenvalue weighted by Crippen LogP contribution is -2.31. The molecule has 0 aliphatic carbocycles. The minimum atomic E-state index is 0.148. The second-order valence-corrected chi connectivity index (χ2v) is 3.38. The molecule has 1 rings (SSSR count). The van der Waals surface area contributed by atoms with E-state index in [4.69, 9.17) is 5.11 Å². The van der Waals surface area contributed by atoms with Gasteiger partial charge < -0.3 is 10.4 Å². The summed E-state index contributed by atoms with van der Waals surface area (Å²) in [6, 6.07) is 10.7. The van der Waals surface area contributed by atoms with Crippen molar-refractivity contribution in [3.63, 3.8) is 0 Å². The SMILES string of the molecule is C[C@@H](CO)N[C@H](C)c1ccccc1. The highest BCUT2D eigenvalue weighted by Gasteiger charge is 2.06.